The van der Waals surface area contributed by atoms with Crippen LogP contribution in [0.3, 0.4) is 0 Å². The van der Waals surface area contributed by atoms with E-state index in [1.807, 2.05) is 31.2 Å². The van der Waals surface area contributed by atoms with Crippen LogP contribution in [0.15, 0.2) is 36.4 Å². The van der Waals surface area contributed by atoms with Crippen LogP contribution in [0.5, 0.6) is 5.75 Å². The van der Waals surface area contributed by atoms with Gasteiger partial charge in [0.25, 0.3) is 0 Å². The highest BCUT2D eigenvalue weighted by atomic mass is 32.2. The van der Waals surface area contributed by atoms with Crippen molar-refractivity contribution in [3.8, 4) is 5.75 Å². The minimum atomic E-state index is -1.49. The number of hydrogen-bond acceptors (Lipinski definition) is 7. The number of benzene rings is 2. The second-order valence-electron chi connectivity index (χ2n) is 7.58. The summed E-state index contributed by atoms with van der Waals surface area (Å²) in [5.41, 5.74) is 2.46. The van der Waals surface area contributed by atoms with Gasteiger partial charge < -0.3 is 29.9 Å². The third-order valence-electron chi connectivity index (χ3n) is 5.67. The number of aliphatic hydroxyl groups excluding tert-OH is 4. The molecule has 0 amide bonds. The summed E-state index contributed by atoms with van der Waals surface area (Å²) in [5.74, 6) is 0.366. The van der Waals surface area contributed by atoms with Gasteiger partial charge in [-0.1, -0.05) is 12.1 Å². The predicted molar refractivity (Wildman–Crippen MR) is 110 cm³/mol. The van der Waals surface area contributed by atoms with E-state index in [-0.39, 0.29) is 12.4 Å². The largest absolute Gasteiger partial charge is 0.494 e. The Bertz CT molecular complexity index is 905. The molecule has 0 aliphatic carbocycles. The fourth-order valence-electron chi connectivity index (χ4n) is 4.07. The van der Waals surface area contributed by atoms with Gasteiger partial charge in [-0.3, -0.25) is 0 Å². The summed E-state index contributed by atoms with van der Waals surface area (Å²) in [7, 11) is 0. The first-order valence-electron chi connectivity index (χ1n) is 9.90. The maximum absolute atomic E-state index is 14.8. The van der Waals surface area contributed by atoms with Crippen LogP contribution < -0.4 is 4.74 Å². The number of thioether (sulfide) groups is 1. The molecule has 2 aromatic carbocycles. The van der Waals surface area contributed by atoms with E-state index in [9.17, 15) is 24.8 Å². The van der Waals surface area contributed by atoms with Crippen molar-refractivity contribution >= 4 is 11.8 Å². The second-order valence-corrected chi connectivity index (χ2v) is 9.02. The lowest BCUT2D eigenvalue weighted by atomic mass is 9.91. The van der Waals surface area contributed by atoms with E-state index in [2.05, 4.69) is 0 Å². The zero-order valence-corrected chi connectivity index (χ0v) is 17.3. The molecule has 2 aliphatic heterocycles. The highest BCUT2D eigenvalue weighted by molar-refractivity contribution is 8.00. The van der Waals surface area contributed by atoms with Crippen molar-refractivity contribution < 1.29 is 34.3 Å². The Hall–Kier alpha value is -1.68. The van der Waals surface area contributed by atoms with E-state index in [1.54, 1.807) is 6.07 Å². The van der Waals surface area contributed by atoms with Crippen LogP contribution in [-0.4, -0.2) is 57.2 Å². The summed E-state index contributed by atoms with van der Waals surface area (Å²) >= 11 is 1.06. The number of halogens is 1. The third-order valence-corrected chi connectivity index (χ3v) is 7.33. The Morgan fingerprint density at radius 2 is 1.90 bits per heavy atom. The first-order valence-corrected chi connectivity index (χ1v) is 10.8. The van der Waals surface area contributed by atoms with Crippen molar-refractivity contribution in [2.24, 2.45) is 0 Å². The number of aliphatic hydroxyl groups is 4. The van der Waals surface area contributed by atoms with E-state index >= 15 is 0 Å². The maximum Gasteiger partial charge on any atom is 0.168 e. The molecule has 2 aliphatic rings. The van der Waals surface area contributed by atoms with E-state index in [1.165, 1.54) is 6.07 Å². The first kappa shape index (κ1) is 21.5. The van der Waals surface area contributed by atoms with Gasteiger partial charge in [-0.15, -0.1) is 11.8 Å². The number of hydrogen-bond donors (Lipinski definition) is 4. The summed E-state index contributed by atoms with van der Waals surface area (Å²) in [6, 6.07) is 10.5. The summed E-state index contributed by atoms with van der Waals surface area (Å²) in [5, 5.41) is 40.1. The van der Waals surface area contributed by atoms with Crippen molar-refractivity contribution in [1.82, 2.24) is 0 Å². The van der Waals surface area contributed by atoms with Crippen LogP contribution in [0.1, 0.15) is 29.2 Å². The molecule has 0 bridgehead atoms. The van der Waals surface area contributed by atoms with E-state index < -0.39 is 35.1 Å². The summed E-state index contributed by atoms with van der Waals surface area (Å²) in [4.78, 5) is -1.37. The van der Waals surface area contributed by atoms with Gasteiger partial charge in [-0.2, -0.15) is 0 Å². The zero-order chi connectivity index (χ0) is 21.5. The van der Waals surface area contributed by atoms with Crippen molar-refractivity contribution in [2.45, 2.75) is 48.4 Å². The average molecular weight is 437 g/mol. The van der Waals surface area contributed by atoms with Crippen molar-refractivity contribution in [1.29, 1.82) is 0 Å². The lowest BCUT2D eigenvalue weighted by molar-refractivity contribution is -0.147. The molecule has 0 saturated carbocycles. The van der Waals surface area contributed by atoms with Gasteiger partial charge in [0.15, 0.2) is 4.93 Å². The van der Waals surface area contributed by atoms with Gasteiger partial charge in [0.2, 0.25) is 0 Å². The van der Waals surface area contributed by atoms with Crippen LogP contribution in [0.25, 0.3) is 0 Å². The van der Waals surface area contributed by atoms with Gasteiger partial charge in [-0.25, -0.2) is 4.39 Å². The van der Waals surface area contributed by atoms with Crippen LogP contribution >= 0.6 is 11.8 Å². The van der Waals surface area contributed by atoms with E-state index in [0.717, 1.165) is 23.1 Å². The second kappa shape index (κ2) is 8.45. The first-order chi connectivity index (χ1) is 14.4. The van der Waals surface area contributed by atoms with Gasteiger partial charge in [-0.05, 0) is 47.9 Å². The van der Waals surface area contributed by atoms with Crippen molar-refractivity contribution in [2.75, 3.05) is 13.2 Å². The topological polar surface area (TPSA) is 99.4 Å². The molecule has 1 fully saturated rings. The lowest BCUT2D eigenvalue weighted by Crippen LogP contribution is -2.58. The molecule has 4 rings (SSSR count). The third kappa shape index (κ3) is 3.62. The molecule has 6 nitrogen and oxygen atoms in total. The molecule has 2 aromatic rings. The Labute approximate surface area is 178 Å². The molecule has 5 atom stereocenters. The molecule has 0 aromatic heterocycles. The average Bonchev–Trinajstić information content (AvgIpc) is 3.09. The fourth-order valence-corrected chi connectivity index (χ4v) is 5.62. The molecule has 1 saturated heterocycles. The molecule has 162 valence electrons. The molecule has 0 unspecified atom stereocenters. The van der Waals surface area contributed by atoms with Crippen molar-refractivity contribution in [3.05, 3.63) is 64.5 Å². The predicted octanol–water partition coefficient (Wildman–Crippen LogP) is 1.69. The standard InChI is InChI=1S/C22H25FO6S/c1-2-28-15-5-3-12(4-6-15)7-13-8-16-14(9-17(13)23)11-29-22(16)21(27)20(26)19(25)18(10-24)30-22/h3-6,8-9,18-21,24-27H,2,7,10-11H2,1H3/t18-,19-,20+,21-,22+/m1/s1. The normalized spacial score (nSPS) is 30.5. The Kier molecular flexibility index (Phi) is 6.07. The maximum atomic E-state index is 14.8. The van der Waals surface area contributed by atoms with Gasteiger partial charge in [0.1, 0.15) is 23.8 Å². The van der Waals surface area contributed by atoms with Crippen LogP contribution in [-0.2, 0) is 22.7 Å². The summed E-state index contributed by atoms with van der Waals surface area (Å²) in [6.07, 6.45) is -3.88. The van der Waals surface area contributed by atoms with Crippen LogP contribution in [0, 0.1) is 5.82 Å². The molecule has 0 radical (unpaired) electrons. The Morgan fingerprint density at radius 3 is 2.57 bits per heavy atom. The van der Waals surface area contributed by atoms with E-state index in [4.69, 9.17) is 9.47 Å². The SMILES string of the molecule is CCOc1ccc(Cc2cc3c(cc2F)CO[C@]32S[C@H](CO)[C@@H](O)[C@H](O)[C@H]2O)cc1. The Morgan fingerprint density at radius 1 is 1.17 bits per heavy atom. The van der Waals surface area contributed by atoms with Gasteiger partial charge >= 0.3 is 0 Å². The number of ether oxygens (including phenoxy) is 2. The fraction of sp³-hybridized carbons (Fsp3) is 0.455. The minimum Gasteiger partial charge on any atom is -0.494 e. The minimum absolute atomic E-state index is 0.0701. The molecular weight excluding hydrogens is 411 g/mol. The molecular formula is C22H25FO6S. The monoisotopic (exact) mass is 436 g/mol. The van der Waals surface area contributed by atoms with Crippen LogP contribution in [0.2, 0.25) is 0 Å². The quantitative estimate of drug-likeness (QED) is 0.566. The zero-order valence-electron chi connectivity index (χ0n) is 16.5. The van der Waals surface area contributed by atoms with E-state index in [0.29, 0.717) is 29.7 Å². The number of rotatable bonds is 5. The lowest BCUT2D eigenvalue weighted by Gasteiger charge is -2.45. The van der Waals surface area contributed by atoms with Crippen LogP contribution in [0.4, 0.5) is 4.39 Å². The molecule has 30 heavy (non-hydrogen) atoms. The highest BCUT2D eigenvalue weighted by Crippen LogP contribution is 2.54. The number of fused-ring (bicyclic) bond motifs is 2. The van der Waals surface area contributed by atoms with Crippen molar-refractivity contribution in [3.63, 3.8) is 0 Å². The van der Waals surface area contributed by atoms with Gasteiger partial charge in [0, 0.05) is 12.0 Å². The molecule has 4 N–H and O–H groups in total. The molecule has 2 heterocycles. The summed E-state index contributed by atoms with van der Waals surface area (Å²) in [6.45, 7) is 2.15. The molecule has 8 heteroatoms. The smallest absolute Gasteiger partial charge is 0.168 e. The highest BCUT2D eigenvalue weighted by Gasteiger charge is 2.57. The molecule has 1 spiro atoms. The van der Waals surface area contributed by atoms with Gasteiger partial charge in [0.05, 0.1) is 31.2 Å². The summed E-state index contributed by atoms with van der Waals surface area (Å²) < 4.78 is 26.1. The Balaban J connectivity index is 1.67.